The maximum atomic E-state index is 11.6. The number of carbonyl (C=O) groups excluding carboxylic acids is 1. The van der Waals surface area contributed by atoms with Crippen molar-refractivity contribution in [3.63, 3.8) is 0 Å². The molecular weight excluding hydrogens is 398 g/mol. The number of hydrogen-bond acceptors (Lipinski definition) is 8. The summed E-state index contributed by atoms with van der Waals surface area (Å²) in [5.74, 6) is -2.13. The Bertz CT molecular complexity index is 574. The third-order valence-corrected chi connectivity index (χ3v) is 6.46. The van der Waals surface area contributed by atoms with Crippen molar-refractivity contribution >= 4 is 11.9 Å². The summed E-state index contributed by atoms with van der Waals surface area (Å²) in [5, 5.41) is 40.9. The first-order chi connectivity index (χ1) is 14.2. The smallest absolute Gasteiger partial charge is 0.333 e. The molecule has 6 unspecified atom stereocenters. The van der Waals surface area contributed by atoms with E-state index in [2.05, 4.69) is 5.32 Å². The maximum Gasteiger partial charge on any atom is 0.333 e. The van der Waals surface area contributed by atoms with E-state index in [1.54, 1.807) is 0 Å². The second-order valence-corrected chi connectivity index (χ2v) is 8.42. The number of amides is 1. The summed E-state index contributed by atoms with van der Waals surface area (Å²) in [6, 6.07) is -0.468. The van der Waals surface area contributed by atoms with Crippen LogP contribution in [0, 0.1) is 23.7 Å². The Kier molecular flexibility index (Phi) is 9.45. The van der Waals surface area contributed by atoms with Crippen LogP contribution in [0.5, 0.6) is 0 Å². The molecule has 5 N–H and O–H groups in total. The van der Waals surface area contributed by atoms with Gasteiger partial charge in [0.15, 0.2) is 6.10 Å². The van der Waals surface area contributed by atoms with E-state index in [1.807, 2.05) is 13.8 Å². The number of ether oxygens (including phenoxy) is 3. The minimum absolute atomic E-state index is 0.0195. The van der Waals surface area contributed by atoms with Crippen molar-refractivity contribution < 1.29 is 44.2 Å². The van der Waals surface area contributed by atoms with Crippen molar-refractivity contribution in [1.82, 2.24) is 5.32 Å². The van der Waals surface area contributed by atoms with Gasteiger partial charge in [-0.2, -0.15) is 0 Å². The molecule has 2 fully saturated rings. The summed E-state index contributed by atoms with van der Waals surface area (Å²) in [6.45, 7) is 4.84. The highest BCUT2D eigenvalue weighted by atomic mass is 16.6. The monoisotopic (exact) mass is 433 g/mol. The third kappa shape index (κ3) is 5.89. The molecule has 2 aliphatic heterocycles. The fraction of sp³-hybridized carbons (Fsp3) is 0.900. The molecule has 1 amide bonds. The predicted octanol–water partition coefficient (Wildman–Crippen LogP) is -1.00. The lowest BCUT2D eigenvalue weighted by Crippen LogP contribution is -2.57. The lowest BCUT2D eigenvalue weighted by molar-refractivity contribution is -0.194. The molecule has 2 rings (SSSR count). The number of hydrogen-bond donors (Lipinski definition) is 5. The first-order valence-electron chi connectivity index (χ1n) is 10.4. The highest BCUT2D eigenvalue weighted by molar-refractivity contribution is 5.73. The zero-order valence-corrected chi connectivity index (χ0v) is 17.8. The number of nitrogens with one attached hydrogen (secondary N) is 1. The molecule has 174 valence electrons. The van der Waals surface area contributed by atoms with Crippen LogP contribution >= 0.6 is 0 Å². The summed E-state index contributed by atoms with van der Waals surface area (Å²) in [4.78, 5) is 23.1. The summed E-state index contributed by atoms with van der Waals surface area (Å²) < 4.78 is 17.3. The van der Waals surface area contributed by atoms with Crippen molar-refractivity contribution in [2.75, 3.05) is 33.0 Å². The molecule has 0 radical (unpaired) electrons. The van der Waals surface area contributed by atoms with E-state index >= 15 is 0 Å². The Balaban J connectivity index is 2.01. The number of carboxylic acid groups (broad SMARTS) is 1. The normalized spacial score (nSPS) is 39.5. The molecule has 0 spiro atoms. The fourth-order valence-electron chi connectivity index (χ4n) is 4.51. The van der Waals surface area contributed by atoms with Gasteiger partial charge in [0.2, 0.25) is 5.91 Å². The molecule has 0 saturated carbocycles. The van der Waals surface area contributed by atoms with Gasteiger partial charge in [-0.25, -0.2) is 4.79 Å². The summed E-state index contributed by atoms with van der Waals surface area (Å²) in [7, 11) is 0. The van der Waals surface area contributed by atoms with Gasteiger partial charge in [0, 0.05) is 25.4 Å². The Morgan fingerprint density at radius 2 is 1.70 bits per heavy atom. The molecule has 10 nitrogen and oxygen atoms in total. The van der Waals surface area contributed by atoms with Crippen molar-refractivity contribution in [2.45, 2.75) is 57.6 Å². The summed E-state index contributed by atoms with van der Waals surface area (Å²) in [6.07, 6.45) is -2.22. The number of aliphatic carboxylic acids is 1. The Labute approximate surface area is 176 Å². The zero-order chi connectivity index (χ0) is 22.4. The first-order valence-corrected chi connectivity index (χ1v) is 10.4. The quantitative estimate of drug-likeness (QED) is 0.308. The van der Waals surface area contributed by atoms with Gasteiger partial charge < -0.3 is 40.0 Å². The van der Waals surface area contributed by atoms with E-state index in [4.69, 9.17) is 14.2 Å². The highest BCUT2D eigenvalue weighted by Crippen LogP contribution is 2.35. The van der Waals surface area contributed by atoms with Crippen LogP contribution in [0.2, 0.25) is 0 Å². The lowest BCUT2D eigenvalue weighted by atomic mass is 9.76. The van der Waals surface area contributed by atoms with Gasteiger partial charge in [0.25, 0.3) is 0 Å². The van der Waals surface area contributed by atoms with Crippen LogP contribution in [0.4, 0.5) is 0 Å². The minimum atomic E-state index is -1.11. The minimum Gasteiger partial charge on any atom is -0.479 e. The van der Waals surface area contributed by atoms with Gasteiger partial charge in [-0.3, -0.25) is 4.79 Å². The van der Waals surface area contributed by atoms with E-state index in [-0.39, 0.29) is 56.7 Å². The van der Waals surface area contributed by atoms with Gasteiger partial charge >= 0.3 is 5.97 Å². The molecule has 0 bridgehead atoms. The Morgan fingerprint density at radius 1 is 1.00 bits per heavy atom. The Hall–Kier alpha value is -1.30. The summed E-state index contributed by atoms with van der Waals surface area (Å²) >= 11 is 0. The summed E-state index contributed by atoms with van der Waals surface area (Å²) in [5.41, 5.74) is 0. The van der Waals surface area contributed by atoms with Crippen LogP contribution in [0.15, 0.2) is 0 Å². The van der Waals surface area contributed by atoms with Gasteiger partial charge in [-0.05, 0) is 18.3 Å². The van der Waals surface area contributed by atoms with Crippen molar-refractivity contribution in [3.8, 4) is 0 Å². The number of rotatable bonds is 9. The molecular formula is C20H35NO9. The molecule has 10 heteroatoms. The molecule has 2 aliphatic rings. The number of aliphatic hydroxyl groups is 3. The largest absolute Gasteiger partial charge is 0.479 e. The second kappa shape index (κ2) is 11.4. The van der Waals surface area contributed by atoms with Crippen LogP contribution in [0.25, 0.3) is 0 Å². The molecule has 9 atom stereocenters. The maximum absolute atomic E-state index is 11.6. The number of carboxylic acids is 1. The van der Waals surface area contributed by atoms with Gasteiger partial charge in [-0.15, -0.1) is 0 Å². The van der Waals surface area contributed by atoms with Gasteiger partial charge in [0.1, 0.15) is 6.10 Å². The van der Waals surface area contributed by atoms with Crippen LogP contribution in [0.3, 0.4) is 0 Å². The molecule has 2 saturated heterocycles. The first kappa shape index (κ1) is 25.0. The number of aliphatic hydroxyl groups excluding tert-OH is 3. The molecule has 30 heavy (non-hydrogen) atoms. The lowest BCUT2D eigenvalue weighted by Gasteiger charge is -2.43. The van der Waals surface area contributed by atoms with Crippen LogP contribution in [-0.4, -0.2) is 95.8 Å². The van der Waals surface area contributed by atoms with Crippen LogP contribution in [-0.2, 0) is 23.8 Å². The fourth-order valence-corrected chi connectivity index (χ4v) is 4.51. The Morgan fingerprint density at radius 3 is 2.23 bits per heavy atom. The second-order valence-electron chi connectivity index (χ2n) is 8.42. The van der Waals surface area contributed by atoms with Crippen molar-refractivity contribution in [1.29, 1.82) is 0 Å². The van der Waals surface area contributed by atoms with Crippen LogP contribution in [0.1, 0.15) is 27.2 Å². The van der Waals surface area contributed by atoms with E-state index in [9.17, 15) is 30.0 Å². The van der Waals surface area contributed by atoms with Crippen molar-refractivity contribution in [3.05, 3.63) is 0 Å². The third-order valence-electron chi connectivity index (χ3n) is 6.46. The van der Waals surface area contributed by atoms with Gasteiger partial charge in [-0.1, -0.05) is 13.8 Å². The predicted molar refractivity (Wildman–Crippen MR) is 105 cm³/mol. The molecule has 0 aromatic carbocycles. The topological polar surface area (TPSA) is 155 Å². The standard InChI is InChI=1S/C20H35NO9/c1-10-11(2)17(30-19(20(26)27)15(10)6-23)9-28-8-13-4-14(5-22)29-16(7-24)18(13)21-12(3)25/h10-11,13-19,22-24H,4-9H2,1-3H3,(H,21,25)(H,26,27)/t10?,11?,13?,14?,15-,16-,17-,18?,19?/m0/s1. The molecule has 0 aliphatic carbocycles. The van der Waals surface area contributed by atoms with E-state index < -0.39 is 42.3 Å². The number of carbonyl (C=O) groups is 2. The average Bonchev–Trinajstić information content (AvgIpc) is 2.71. The average molecular weight is 433 g/mol. The highest BCUT2D eigenvalue weighted by Gasteiger charge is 2.45. The molecule has 0 aromatic rings. The zero-order valence-electron chi connectivity index (χ0n) is 17.8. The van der Waals surface area contributed by atoms with E-state index in [1.165, 1.54) is 6.92 Å². The molecule has 2 heterocycles. The SMILES string of the molecule is CC(=O)NC1C(COC[C@@H]2OC(C(=O)O)[C@@H](CO)C(C)C2C)CC(CO)O[C@H]1CO. The van der Waals surface area contributed by atoms with Crippen molar-refractivity contribution in [2.24, 2.45) is 23.7 Å². The molecule has 0 aromatic heterocycles. The van der Waals surface area contributed by atoms with Gasteiger partial charge in [0.05, 0.1) is 44.7 Å². The van der Waals surface area contributed by atoms with Crippen LogP contribution < -0.4 is 5.32 Å². The van der Waals surface area contributed by atoms with E-state index in [0.29, 0.717) is 6.42 Å². The van der Waals surface area contributed by atoms with E-state index in [0.717, 1.165) is 0 Å².